The summed E-state index contributed by atoms with van der Waals surface area (Å²) in [5.41, 5.74) is 5.56. The van der Waals surface area contributed by atoms with Gasteiger partial charge < -0.3 is 14.9 Å². The van der Waals surface area contributed by atoms with Crippen molar-refractivity contribution in [1.82, 2.24) is 0 Å². The van der Waals surface area contributed by atoms with Gasteiger partial charge in [0.15, 0.2) is 0 Å². The summed E-state index contributed by atoms with van der Waals surface area (Å²) in [6.45, 7) is 9.40. The molecule has 6 rings (SSSR count). The fourth-order valence-corrected chi connectivity index (χ4v) is 6.12. The van der Waals surface area contributed by atoms with E-state index < -0.39 is 0 Å². The predicted octanol–water partition coefficient (Wildman–Crippen LogP) is 9.58. The number of benzene rings is 4. The molecule has 0 unspecified atom stereocenters. The summed E-state index contributed by atoms with van der Waals surface area (Å²) in [7, 11) is 0. The van der Waals surface area contributed by atoms with E-state index in [1.165, 1.54) is 65.3 Å². The molecule has 0 N–H and O–H groups in total. The largest absolute Gasteiger partial charge is 4.00 e. The second-order valence-corrected chi connectivity index (χ2v) is 9.53. The number of aryl methyl sites for hydroxylation is 2. The zero-order valence-corrected chi connectivity index (χ0v) is 22.6. The Balaban J connectivity index is 0.00000108. The van der Waals surface area contributed by atoms with Crippen molar-refractivity contribution in [2.45, 2.75) is 33.1 Å². The molecule has 0 saturated heterocycles. The molecule has 0 saturated carbocycles. The molecule has 0 aliphatic carbocycles. The van der Waals surface area contributed by atoms with Gasteiger partial charge in [-0.2, -0.15) is 0 Å². The summed E-state index contributed by atoms with van der Waals surface area (Å²) >= 11 is 0. The van der Waals surface area contributed by atoms with E-state index in [4.69, 9.17) is 0 Å². The molecule has 0 aromatic heterocycles. The summed E-state index contributed by atoms with van der Waals surface area (Å²) in [5.74, 6) is 0. The summed E-state index contributed by atoms with van der Waals surface area (Å²) in [6.07, 6.45) is 0. The minimum absolute atomic E-state index is 0. The smallest absolute Gasteiger partial charge is 0.358 e. The predicted molar refractivity (Wildman–Crippen MR) is 149 cm³/mol. The Morgan fingerprint density at radius 1 is 0.559 bits per heavy atom. The Labute approximate surface area is 219 Å². The van der Waals surface area contributed by atoms with Crippen LogP contribution in [-0.2, 0) is 27.1 Å². The topological polar surface area (TPSA) is 0 Å². The molecular weight excluding hydrogens is 444 g/mol. The van der Waals surface area contributed by atoms with Crippen LogP contribution in [0.4, 0.5) is 0 Å². The van der Waals surface area contributed by atoms with Gasteiger partial charge in [-0.1, -0.05) is 105 Å². The van der Waals surface area contributed by atoms with E-state index in [9.17, 15) is 0 Å². The quantitative estimate of drug-likeness (QED) is 0.172. The summed E-state index contributed by atoms with van der Waals surface area (Å²) in [6, 6.07) is 31.4. The summed E-state index contributed by atoms with van der Waals surface area (Å²) in [4.78, 5) is 0. The summed E-state index contributed by atoms with van der Waals surface area (Å²) < 4.78 is 0. The van der Waals surface area contributed by atoms with E-state index in [1.807, 2.05) is 0 Å². The first-order valence-corrected chi connectivity index (χ1v) is 11.1. The molecule has 0 radical (unpaired) electrons. The Morgan fingerprint density at radius 3 is 1.35 bits per heavy atom. The number of fused-ring (bicyclic) bond motifs is 6. The first-order valence-electron chi connectivity index (χ1n) is 11.1. The fraction of sp³-hybridized carbons (Fsp3) is 0.152. The van der Waals surface area contributed by atoms with Crippen molar-refractivity contribution in [3.05, 3.63) is 122 Å². The second kappa shape index (κ2) is 9.18. The van der Waals surface area contributed by atoms with Crippen molar-refractivity contribution in [1.29, 1.82) is 0 Å². The molecule has 34 heavy (non-hydrogen) atoms. The zero-order valence-electron chi connectivity index (χ0n) is 21.1. The molecule has 168 valence electrons. The van der Waals surface area contributed by atoms with E-state index in [-0.39, 0.29) is 42.0 Å². The summed E-state index contributed by atoms with van der Waals surface area (Å²) in [5, 5.41) is 10.8. The SMILES string of the molecule is Cc1[cH-]c2ccc3ccccc3c2c1C(C)(C)c1c(C)[cH-]c2ccc3ccccc3c12.[CH3-].[CH3-].[Ti+4]. The Morgan fingerprint density at radius 2 is 0.941 bits per heavy atom. The number of hydrogen-bond acceptors (Lipinski definition) is 0. The molecule has 0 heterocycles. The normalized spacial score (nSPS) is 11.4. The Bertz CT molecular complexity index is 1500. The third-order valence-corrected chi connectivity index (χ3v) is 7.21. The van der Waals surface area contributed by atoms with Crippen LogP contribution < -0.4 is 0 Å². The van der Waals surface area contributed by atoms with Crippen LogP contribution in [0.3, 0.4) is 0 Å². The van der Waals surface area contributed by atoms with Crippen LogP contribution in [0.5, 0.6) is 0 Å². The van der Waals surface area contributed by atoms with Gasteiger partial charge in [0.2, 0.25) is 0 Å². The van der Waals surface area contributed by atoms with Crippen LogP contribution in [0.1, 0.15) is 36.1 Å². The van der Waals surface area contributed by atoms with Crippen molar-refractivity contribution < 1.29 is 21.7 Å². The molecule has 0 amide bonds. The van der Waals surface area contributed by atoms with Gasteiger partial charge in [-0.05, 0) is 10.8 Å². The first kappa shape index (κ1) is 25.9. The van der Waals surface area contributed by atoms with E-state index in [2.05, 4.69) is 113 Å². The minimum atomic E-state index is -0.119. The van der Waals surface area contributed by atoms with Crippen LogP contribution in [0.15, 0.2) is 84.9 Å². The van der Waals surface area contributed by atoms with Crippen LogP contribution in [-0.4, -0.2) is 0 Å². The molecule has 0 fully saturated rings. The van der Waals surface area contributed by atoms with Crippen molar-refractivity contribution >= 4 is 43.1 Å². The molecule has 6 aromatic rings. The fourth-order valence-electron chi connectivity index (χ4n) is 6.12. The first-order chi connectivity index (χ1) is 15.0. The van der Waals surface area contributed by atoms with Gasteiger partial charge in [-0.3, -0.25) is 0 Å². The van der Waals surface area contributed by atoms with Crippen LogP contribution in [0.25, 0.3) is 43.1 Å². The Kier molecular flexibility index (Phi) is 7.00. The van der Waals surface area contributed by atoms with Crippen molar-refractivity contribution in [2.75, 3.05) is 0 Å². The van der Waals surface area contributed by atoms with Crippen LogP contribution in [0, 0.1) is 28.7 Å². The molecule has 0 atom stereocenters. The van der Waals surface area contributed by atoms with Gasteiger partial charge >= 0.3 is 21.7 Å². The molecule has 0 nitrogen and oxygen atoms in total. The standard InChI is InChI=1S/C31H26.2CH3.Ti/c1-19-17-23-15-13-21-9-5-7-11-25(21)27(23)29(19)31(3,4)30-20(2)18-24-16-14-22-10-6-8-12-26(22)28(24)30;;;/h5-18H,1-4H3;2*1H3;/q-2;2*-1;+4. The molecule has 0 spiro atoms. The third kappa shape index (κ3) is 3.56. The van der Waals surface area contributed by atoms with Gasteiger partial charge in [0, 0.05) is 0 Å². The van der Waals surface area contributed by atoms with Crippen LogP contribution >= 0.6 is 0 Å². The van der Waals surface area contributed by atoms with Crippen molar-refractivity contribution in [2.24, 2.45) is 0 Å². The molecule has 0 aliphatic heterocycles. The second-order valence-electron chi connectivity index (χ2n) is 9.53. The van der Waals surface area contributed by atoms with E-state index in [0.717, 1.165) is 0 Å². The molecule has 0 bridgehead atoms. The van der Waals surface area contributed by atoms with E-state index >= 15 is 0 Å². The van der Waals surface area contributed by atoms with Gasteiger partial charge in [-0.15, -0.1) is 68.1 Å². The monoisotopic (exact) mass is 476 g/mol. The molecule has 1 heteroatoms. The van der Waals surface area contributed by atoms with Crippen molar-refractivity contribution in [3.63, 3.8) is 0 Å². The number of rotatable bonds is 2. The molecular formula is C33H32Ti. The maximum Gasteiger partial charge on any atom is 4.00 e. The molecule has 6 aromatic carbocycles. The third-order valence-electron chi connectivity index (χ3n) is 7.21. The van der Waals surface area contributed by atoms with Gasteiger partial charge in [0.05, 0.1) is 0 Å². The average molecular weight is 476 g/mol. The van der Waals surface area contributed by atoms with Gasteiger partial charge in [0.25, 0.3) is 0 Å². The van der Waals surface area contributed by atoms with E-state index in [0.29, 0.717) is 0 Å². The maximum atomic E-state index is 2.42. The number of hydrogen-bond donors (Lipinski definition) is 0. The minimum Gasteiger partial charge on any atom is -0.358 e. The van der Waals surface area contributed by atoms with Crippen LogP contribution in [0.2, 0.25) is 0 Å². The zero-order chi connectivity index (χ0) is 21.3. The Hall–Kier alpha value is -2.67. The van der Waals surface area contributed by atoms with Crippen molar-refractivity contribution in [3.8, 4) is 0 Å². The average Bonchev–Trinajstić information content (AvgIpc) is 3.30. The van der Waals surface area contributed by atoms with E-state index in [1.54, 1.807) is 0 Å². The van der Waals surface area contributed by atoms with Gasteiger partial charge in [0.1, 0.15) is 0 Å². The molecule has 0 aliphatic rings. The van der Waals surface area contributed by atoms with Gasteiger partial charge in [-0.25, -0.2) is 0 Å². The maximum absolute atomic E-state index is 2.42.